The van der Waals surface area contributed by atoms with E-state index in [-0.39, 0.29) is 11.4 Å². The first-order chi connectivity index (χ1) is 7.78. The molecule has 0 radical (unpaired) electrons. The lowest BCUT2D eigenvalue weighted by molar-refractivity contribution is -0.116. The molecule has 0 aliphatic carbocycles. The standard InChI is InChI=1S/C12H16BrIN2O/c1-12(2,15)6-5-11(17)16-10-4-3-8(14)7-9(10)13/h3-4,7H,5-6,15H2,1-2H3,(H,16,17). The molecule has 1 amide bonds. The number of nitrogens with one attached hydrogen (secondary N) is 1. The van der Waals surface area contributed by atoms with Crippen molar-refractivity contribution in [1.82, 2.24) is 0 Å². The summed E-state index contributed by atoms with van der Waals surface area (Å²) < 4.78 is 2.01. The van der Waals surface area contributed by atoms with Crippen molar-refractivity contribution in [2.24, 2.45) is 5.73 Å². The number of carbonyl (C=O) groups is 1. The topological polar surface area (TPSA) is 55.1 Å². The minimum atomic E-state index is -0.305. The van der Waals surface area contributed by atoms with E-state index in [9.17, 15) is 4.79 Å². The minimum absolute atomic E-state index is 0.00886. The average Bonchev–Trinajstić information content (AvgIpc) is 2.18. The SMILES string of the molecule is CC(C)(N)CCC(=O)Nc1ccc(I)cc1Br. The van der Waals surface area contributed by atoms with E-state index in [1.54, 1.807) is 0 Å². The fraction of sp³-hybridized carbons (Fsp3) is 0.417. The second-order valence-electron chi connectivity index (χ2n) is 4.66. The highest BCUT2D eigenvalue weighted by Gasteiger charge is 2.13. The first-order valence-electron chi connectivity index (χ1n) is 5.32. The fourth-order valence-electron chi connectivity index (χ4n) is 1.24. The Morgan fingerprint density at radius 3 is 2.71 bits per heavy atom. The van der Waals surface area contributed by atoms with Gasteiger partial charge in [-0.2, -0.15) is 0 Å². The van der Waals surface area contributed by atoms with Crippen LogP contribution in [0.5, 0.6) is 0 Å². The van der Waals surface area contributed by atoms with Crippen molar-refractivity contribution >= 4 is 50.1 Å². The number of hydrogen-bond donors (Lipinski definition) is 2. The highest BCUT2D eigenvalue weighted by atomic mass is 127. The molecule has 94 valence electrons. The molecule has 17 heavy (non-hydrogen) atoms. The Balaban J connectivity index is 2.57. The van der Waals surface area contributed by atoms with Gasteiger partial charge in [-0.15, -0.1) is 0 Å². The van der Waals surface area contributed by atoms with Gasteiger partial charge in [0.2, 0.25) is 5.91 Å². The van der Waals surface area contributed by atoms with Crippen LogP contribution in [-0.2, 0) is 4.79 Å². The van der Waals surface area contributed by atoms with Gasteiger partial charge in [-0.1, -0.05) is 0 Å². The number of benzene rings is 1. The second-order valence-corrected chi connectivity index (χ2v) is 6.76. The summed E-state index contributed by atoms with van der Waals surface area (Å²) in [6.07, 6.45) is 1.10. The Morgan fingerprint density at radius 1 is 1.53 bits per heavy atom. The highest BCUT2D eigenvalue weighted by Crippen LogP contribution is 2.24. The molecule has 0 aromatic heterocycles. The molecule has 0 heterocycles. The van der Waals surface area contributed by atoms with Crippen molar-refractivity contribution in [3.63, 3.8) is 0 Å². The van der Waals surface area contributed by atoms with E-state index >= 15 is 0 Å². The van der Waals surface area contributed by atoms with Crippen molar-refractivity contribution in [2.45, 2.75) is 32.2 Å². The van der Waals surface area contributed by atoms with Crippen LogP contribution in [-0.4, -0.2) is 11.4 Å². The van der Waals surface area contributed by atoms with Crippen molar-refractivity contribution in [3.8, 4) is 0 Å². The van der Waals surface area contributed by atoms with E-state index in [2.05, 4.69) is 43.8 Å². The molecule has 1 aromatic rings. The minimum Gasteiger partial charge on any atom is -0.326 e. The molecule has 0 aliphatic rings. The van der Waals surface area contributed by atoms with Gasteiger partial charge < -0.3 is 11.1 Å². The van der Waals surface area contributed by atoms with Crippen LogP contribution in [0, 0.1) is 3.57 Å². The van der Waals surface area contributed by atoms with Crippen LogP contribution >= 0.6 is 38.5 Å². The summed E-state index contributed by atoms with van der Waals surface area (Å²) in [6.45, 7) is 3.84. The zero-order valence-electron chi connectivity index (χ0n) is 9.89. The fourth-order valence-corrected chi connectivity index (χ4v) is 2.64. The molecule has 0 atom stereocenters. The number of carbonyl (C=O) groups excluding carboxylic acids is 1. The predicted molar refractivity (Wildman–Crippen MR) is 83.0 cm³/mol. The summed E-state index contributed by atoms with van der Waals surface area (Å²) in [6, 6.07) is 5.80. The summed E-state index contributed by atoms with van der Waals surface area (Å²) in [7, 11) is 0. The third-order valence-corrected chi connectivity index (χ3v) is 3.53. The molecular weight excluding hydrogens is 395 g/mol. The number of hydrogen-bond acceptors (Lipinski definition) is 2. The smallest absolute Gasteiger partial charge is 0.224 e. The van der Waals surface area contributed by atoms with Gasteiger partial charge in [-0.05, 0) is 77.0 Å². The summed E-state index contributed by atoms with van der Waals surface area (Å²) in [4.78, 5) is 11.7. The highest BCUT2D eigenvalue weighted by molar-refractivity contribution is 14.1. The van der Waals surface area contributed by atoms with Crippen LogP contribution in [0.1, 0.15) is 26.7 Å². The van der Waals surface area contributed by atoms with Crippen LogP contribution < -0.4 is 11.1 Å². The first kappa shape index (κ1) is 14.9. The van der Waals surface area contributed by atoms with Gasteiger partial charge >= 0.3 is 0 Å². The van der Waals surface area contributed by atoms with E-state index in [1.807, 2.05) is 32.0 Å². The molecule has 0 saturated carbocycles. The molecule has 0 aliphatic heterocycles. The van der Waals surface area contributed by atoms with Crippen molar-refractivity contribution in [1.29, 1.82) is 0 Å². The van der Waals surface area contributed by atoms with Gasteiger partial charge in [0.25, 0.3) is 0 Å². The van der Waals surface area contributed by atoms with Gasteiger partial charge in [-0.25, -0.2) is 0 Å². The van der Waals surface area contributed by atoms with Crippen LogP contribution in [0.4, 0.5) is 5.69 Å². The molecule has 0 bridgehead atoms. The maximum absolute atomic E-state index is 11.7. The summed E-state index contributed by atoms with van der Waals surface area (Å²) in [5.74, 6) is -0.00886. The maximum atomic E-state index is 11.7. The first-order valence-corrected chi connectivity index (χ1v) is 7.19. The molecule has 0 spiro atoms. The number of amides is 1. The van der Waals surface area contributed by atoms with Crippen molar-refractivity contribution in [3.05, 3.63) is 26.2 Å². The predicted octanol–water partition coefficient (Wildman–Crippen LogP) is 3.51. The van der Waals surface area contributed by atoms with Gasteiger partial charge in [0, 0.05) is 20.0 Å². The molecular formula is C12H16BrIN2O. The maximum Gasteiger partial charge on any atom is 0.224 e. The number of nitrogens with two attached hydrogens (primary N) is 1. The summed E-state index contributed by atoms with van der Waals surface area (Å²) >= 11 is 5.65. The van der Waals surface area contributed by atoms with E-state index in [0.29, 0.717) is 12.8 Å². The Hall–Kier alpha value is -0.140. The molecule has 0 unspecified atom stereocenters. The number of rotatable bonds is 4. The van der Waals surface area contributed by atoms with Crippen LogP contribution in [0.25, 0.3) is 0 Å². The third kappa shape index (κ3) is 5.83. The van der Waals surface area contributed by atoms with Gasteiger partial charge in [0.1, 0.15) is 0 Å². The molecule has 0 fully saturated rings. The zero-order chi connectivity index (χ0) is 13.1. The third-order valence-electron chi connectivity index (χ3n) is 2.20. The van der Waals surface area contributed by atoms with Crippen LogP contribution in [0.3, 0.4) is 0 Å². The molecule has 3 nitrogen and oxygen atoms in total. The van der Waals surface area contributed by atoms with E-state index in [4.69, 9.17) is 5.73 Å². The average molecular weight is 411 g/mol. The van der Waals surface area contributed by atoms with E-state index < -0.39 is 0 Å². The lowest BCUT2D eigenvalue weighted by Crippen LogP contribution is -2.33. The van der Waals surface area contributed by atoms with E-state index in [1.165, 1.54) is 0 Å². The Bertz CT molecular complexity index is 415. The Morgan fingerprint density at radius 2 is 2.18 bits per heavy atom. The van der Waals surface area contributed by atoms with E-state index in [0.717, 1.165) is 13.7 Å². The van der Waals surface area contributed by atoms with Gasteiger partial charge in [0.15, 0.2) is 0 Å². The summed E-state index contributed by atoms with van der Waals surface area (Å²) in [5.41, 5.74) is 6.33. The molecule has 1 rings (SSSR count). The molecule has 3 N–H and O–H groups in total. The number of halogens is 2. The van der Waals surface area contributed by atoms with Crippen molar-refractivity contribution in [2.75, 3.05) is 5.32 Å². The normalized spacial score (nSPS) is 11.4. The van der Waals surface area contributed by atoms with Crippen molar-refractivity contribution < 1.29 is 4.79 Å². The number of anilines is 1. The Kier molecular flexibility index (Phi) is 5.40. The lowest BCUT2D eigenvalue weighted by Gasteiger charge is -2.17. The summed E-state index contributed by atoms with van der Waals surface area (Å²) in [5, 5.41) is 2.87. The quantitative estimate of drug-likeness (QED) is 0.746. The molecule has 0 saturated heterocycles. The molecule has 5 heteroatoms. The lowest BCUT2D eigenvalue weighted by atomic mass is 10.00. The van der Waals surface area contributed by atoms with Gasteiger partial charge in [0.05, 0.1) is 5.69 Å². The second kappa shape index (κ2) is 6.15. The zero-order valence-corrected chi connectivity index (χ0v) is 13.6. The van der Waals surface area contributed by atoms with Crippen LogP contribution in [0.2, 0.25) is 0 Å². The Labute approximate surface area is 124 Å². The molecule has 1 aromatic carbocycles. The van der Waals surface area contributed by atoms with Crippen LogP contribution in [0.15, 0.2) is 22.7 Å². The largest absolute Gasteiger partial charge is 0.326 e. The monoisotopic (exact) mass is 410 g/mol. The van der Waals surface area contributed by atoms with Gasteiger partial charge in [-0.3, -0.25) is 4.79 Å².